The molecule has 0 radical (unpaired) electrons. The summed E-state index contributed by atoms with van der Waals surface area (Å²) < 4.78 is 10.8. The van der Waals surface area contributed by atoms with E-state index in [-0.39, 0.29) is 12.7 Å². The third kappa shape index (κ3) is 4.51. The summed E-state index contributed by atoms with van der Waals surface area (Å²) in [6, 6.07) is 9.38. The Morgan fingerprint density at radius 2 is 1.88 bits per heavy atom. The average Bonchev–Trinajstić information content (AvgIpc) is 2.65. The SMILES string of the molecule is CCCN(C(=O)OCc1ccccc1)C1(C(=O)O)CCC(OC)CC1. The normalized spacial score (nSPS) is 23.0. The number of carbonyl (C=O) groups is 2. The first-order valence-corrected chi connectivity index (χ1v) is 8.78. The number of carboxylic acids is 1. The lowest BCUT2D eigenvalue weighted by Gasteiger charge is -2.43. The van der Waals surface area contributed by atoms with E-state index in [1.165, 1.54) is 4.90 Å². The molecular formula is C19H27NO5. The molecule has 0 saturated heterocycles. The molecule has 6 nitrogen and oxygen atoms in total. The highest BCUT2D eigenvalue weighted by Gasteiger charge is 2.49. The maximum absolute atomic E-state index is 12.7. The zero-order valence-corrected chi connectivity index (χ0v) is 14.9. The van der Waals surface area contributed by atoms with Crippen LogP contribution < -0.4 is 0 Å². The maximum Gasteiger partial charge on any atom is 0.411 e. The van der Waals surface area contributed by atoms with Crippen molar-refractivity contribution in [3.05, 3.63) is 35.9 Å². The van der Waals surface area contributed by atoms with Crippen molar-refractivity contribution >= 4 is 12.1 Å². The highest BCUT2D eigenvalue weighted by molar-refractivity contribution is 5.84. The standard InChI is InChI=1S/C19H27NO5/c1-3-13-20(18(23)25-14-15-7-5-4-6-8-15)19(17(21)22)11-9-16(24-2)10-12-19/h4-8,16H,3,9-14H2,1-2H3,(H,21,22). The van der Waals surface area contributed by atoms with Crippen LogP contribution in [0.25, 0.3) is 0 Å². The first-order chi connectivity index (χ1) is 12.0. The highest BCUT2D eigenvalue weighted by atomic mass is 16.6. The van der Waals surface area contributed by atoms with Gasteiger partial charge in [0.2, 0.25) is 0 Å². The molecule has 0 bridgehead atoms. The summed E-state index contributed by atoms with van der Waals surface area (Å²) in [6.07, 6.45) is 2.15. The molecule has 0 aliphatic heterocycles. The van der Waals surface area contributed by atoms with Gasteiger partial charge in [0.25, 0.3) is 0 Å². The van der Waals surface area contributed by atoms with Crippen LogP contribution in [0.5, 0.6) is 0 Å². The number of hydrogen-bond acceptors (Lipinski definition) is 4. The van der Waals surface area contributed by atoms with E-state index in [4.69, 9.17) is 9.47 Å². The molecule has 0 unspecified atom stereocenters. The summed E-state index contributed by atoms with van der Waals surface area (Å²) in [4.78, 5) is 26.2. The molecule has 0 aromatic heterocycles. The summed E-state index contributed by atoms with van der Waals surface area (Å²) in [5.41, 5.74) is -0.335. The molecule has 1 amide bonds. The Balaban J connectivity index is 2.12. The number of carbonyl (C=O) groups excluding carboxylic acids is 1. The number of methoxy groups -OCH3 is 1. The number of amides is 1. The Bertz CT molecular complexity index is 566. The summed E-state index contributed by atoms with van der Waals surface area (Å²) in [5, 5.41) is 9.89. The van der Waals surface area contributed by atoms with Gasteiger partial charge in [-0.15, -0.1) is 0 Å². The molecule has 1 aliphatic rings. The van der Waals surface area contributed by atoms with Gasteiger partial charge in [-0.2, -0.15) is 0 Å². The Labute approximate surface area is 148 Å². The van der Waals surface area contributed by atoms with Gasteiger partial charge in [-0.25, -0.2) is 9.59 Å². The van der Waals surface area contributed by atoms with Gasteiger partial charge in [0, 0.05) is 13.7 Å². The number of hydrogen-bond donors (Lipinski definition) is 1. The van der Waals surface area contributed by atoms with E-state index >= 15 is 0 Å². The molecule has 6 heteroatoms. The third-order valence-corrected chi connectivity index (χ3v) is 4.88. The van der Waals surface area contributed by atoms with Crippen molar-refractivity contribution in [2.24, 2.45) is 0 Å². The summed E-state index contributed by atoms with van der Waals surface area (Å²) >= 11 is 0. The number of benzene rings is 1. The van der Waals surface area contributed by atoms with E-state index in [1.807, 2.05) is 37.3 Å². The van der Waals surface area contributed by atoms with Crippen LogP contribution in [0.4, 0.5) is 4.79 Å². The minimum atomic E-state index is -1.21. The molecule has 0 heterocycles. The average molecular weight is 349 g/mol. The lowest BCUT2D eigenvalue weighted by molar-refractivity contribution is -0.155. The molecule has 1 aliphatic carbocycles. The minimum absolute atomic E-state index is 0.0521. The highest BCUT2D eigenvalue weighted by Crippen LogP contribution is 2.36. The Morgan fingerprint density at radius 1 is 1.24 bits per heavy atom. The van der Waals surface area contributed by atoms with Gasteiger partial charge in [-0.05, 0) is 37.7 Å². The summed E-state index contributed by atoms with van der Waals surface area (Å²) in [6.45, 7) is 2.42. The molecule has 1 fully saturated rings. The maximum atomic E-state index is 12.7. The number of nitrogens with zero attached hydrogens (tertiary/aromatic N) is 1. The molecule has 1 saturated carbocycles. The number of aliphatic carboxylic acids is 1. The zero-order valence-electron chi connectivity index (χ0n) is 14.9. The van der Waals surface area contributed by atoms with E-state index in [0.29, 0.717) is 38.6 Å². The van der Waals surface area contributed by atoms with Crippen molar-refractivity contribution in [3.63, 3.8) is 0 Å². The van der Waals surface area contributed by atoms with Gasteiger partial charge in [0.15, 0.2) is 0 Å². The van der Waals surface area contributed by atoms with Crippen molar-refractivity contribution in [1.29, 1.82) is 0 Å². The predicted molar refractivity (Wildman–Crippen MR) is 93.3 cm³/mol. The monoisotopic (exact) mass is 349 g/mol. The second kappa shape index (κ2) is 8.85. The van der Waals surface area contributed by atoms with Gasteiger partial charge < -0.3 is 14.6 Å². The molecule has 1 aromatic carbocycles. The lowest BCUT2D eigenvalue weighted by atomic mass is 9.79. The van der Waals surface area contributed by atoms with Gasteiger partial charge in [-0.3, -0.25) is 4.90 Å². The second-order valence-corrected chi connectivity index (χ2v) is 6.46. The van der Waals surface area contributed by atoms with Crippen molar-refractivity contribution < 1.29 is 24.2 Å². The first-order valence-electron chi connectivity index (χ1n) is 8.78. The van der Waals surface area contributed by atoms with E-state index in [1.54, 1.807) is 7.11 Å². The van der Waals surface area contributed by atoms with E-state index in [0.717, 1.165) is 5.56 Å². The summed E-state index contributed by atoms with van der Waals surface area (Å²) in [5.74, 6) is -0.966. The third-order valence-electron chi connectivity index (χ3n) is 4.88. The molecule has 1 aromatic rings. The Kier molecular flexibility index (Phi) is 6.82. The Morgan fingerprint density at radius 3 is 2.40 bits per heavy atom. The largest absolute Gasteiger partial charge is 0.479 e. The van der Waals surface area contributed by atoms with Crippen LogP contribution in [-0.4, -0.2) is 47.4 Å². The van der Waals surface area contributed by atoms with Crippen LogP contribution in [0.2, 0.25) is 0 Å². The topological polar surface area (TPSA) is 76.1 Å². The molecule has 2 rings (SSSR count). The lowest BCUT2D eigenvalue weighted by Crippen LogP contribution is -2.59. The molecule has 25 heavy (non-hydrogen) atoms. The fraction of sp³-hybridized carbons (Fsp3) is 0.579. The molecule has 0 atom stereocenters. The molecular weight excluding hydrogens is 322 g/mol. The molecule has 138 valence electrons. The van der Waals surface area contributed by atoms with E-state index in [2.05, 4.69) is 0 Å². The van der Waals surface area contributed by atoms with Crippen molar-refractivity contribution in [3.8, 4) is 0 Å². The molecule has 1 N–H and O–H groups in total. The van der Waals surface area contributed by atoms with Crippen LogP contribution in [0, 0.1) is 0 Å². The van der Waals surface area contributed by atoms with Gasteiger partial charge in [-0.1, -0.05) is 37.3 Å². The second-order valence-electron chi connectivity index (χ2n) is 6.46. The van der Waals surface area contributed by atoms with E-state index < -0.39 is 17.6 Å². The van der Waals surface area contributed by atoms with Gasteiger partial charge in [0.1, 0.15) is 12.1 Å². The van der Waals surface area contributed by atoms with Crippen LogP contribution >= 0.6 is 0 Å². The van der Waals surface area contributed by atoms with Crippen LogP contribution in [-0.2, 0) is 20.9 Å². The smallest absolute Gasteiger partial charge is 0.411 e. The Hall–Kier alpha value is -2.08. The van der Waals surface area contributed by atoms with Crippen LogP contribution in [0.3, 0.4) is 0 Å². The quantitative estimate of drug-likeness (QED) is 0.816. The fourth-order valence-electron chi connectivity index (χ4n) is 3.40. The minimum Gasteiger partial charge on any atom is -0.479 e. The zero-order chi connectivity index (χ0) is 18.3. The first kappa shape index (κ1) is 19.2. The van der Waals surface area contributed by atoms with E-state index in [9.17, 15) is 14.7 Å². The number of carboxylic acid groups (broad SMARTS) is 1. The van der Waals surface area contributed by atoms with Gasteiger partial charge >= 0.3 is 12.1 Å². The van der Waals surface area contributed by atoms with Crippen molar-refractivity contribution in [2.45, 2.75) is 57.3 Å². The van der Waals surface area contributed by atoms with Crippen LogP contribution in [0.1, 0.15) is 44.6 Å². The van der Waals surface area contributed by atoms with Crippen molar-refractivity contribution in [1.82, 2.24) is 4.90 Å². The molecule has 0 spiro atoms. The predicted octanol–water partition coefficient (Wildman–Crippen LogP) is 3.45. The number of rotatable bonds is 7. The summed E-state index contributed by atoms with van der Waals surface area (Å²) in [7, 11) is 1.64. The van der Waals surface area contributed by atoms with Crippen molar-refractivity contribution in [2.75, 3.05) is 13.7 Å². The van der Waals surface area contributed by atoms with Crippen LogP contribution in [0.15, 0.2) is 30.3 Å². The van der Waals surface area contributed by atoms with Gasteiger partial charge in [0.05, 0.1) is 6.10 Å². The fourth-order valence-corrected chi connectivity index (χ4v) is 3.40. The number of ether oxygens (including phenoxy) is 2.